The van der Waals surface area contributed by atoms with Crippen LogP contribution < -0.4 is 10.6 Å². The standard InChI is InChI=1S/C23H27FN4O2/c24-19-5-1-3-16(13-19)21-8-7-18(15-26-21)22(29)27-20-6-2-4-17(14-20)23(30)28-11-9-25-10-12-28/h1,3,5,7-8,13,15,17,20,25H,2,4,6,9-12,14H2,(H,27,29)/t17-,20-/m1/s1. The lowest BCUT2D eigenvalue weighted by Crippen LogP contribution is -2.50. The van der Waals surface area contributed by atoms with Crippen LogP contribution in [0.15, 0.2) is 42.6 Å². The van der Waals surface area contributed by atoms with E-state index in [-0.39, 0.29) is 29.6 Å². The van der Waals surface area contributed by atoms with Gasteiger partial charge in [-0.05, 0) is 43.5 Å². The van der Waals surface area contributed by atoms with Crippen LogP contribution in [0.25, 0.3) is 11.3 Å². The highest BCUT2D eigenvalue weighted by atomic mass is 19.1. The number of hydrogen-bond donors (Lipinski definition) is 2. The average Bonchev–Trinajstić information content (AvgIpc) is 2.79. The molecule has 1 aromatic heterocycles. The number of aromatic nitrogens is 1. The molecule has 1 aromatic carbocycles. The van der Waals surface area contributed by atoms with Gasteiger partial charge in [0.25, 0.3) is 5.91 Å². The third-order valence-electron chi connectivity index (χ3n) is 5.93. The summed E-state index contributed by atoms with van der Waals surface area (Å²) in [5.74, 6) is -0.306. The summed E-state index contributed by atoms with van der Waals surface area (Å²) in [7, 11) is 0. The summed E-state index contributed by atoms with van der Waals surface area (Å²) < 4.78 is 13.4. The fourth-order valence-corrected chi connectivity index (χ4v) is 4.30. The molecule has 0 bridgehead atoms. The van der Waals surface area contributed by atoms with Crippen LogP contribution in [0.1, 0.15) is 36.0 Å². The van der Waals surface area contributed by atoms with Crippen molar-refractivity contribution in [3.05, 3.63) is 54.0 Å². The first-order chi connectivity index (χ1) is 14.6. The number of rotatable bonds is 4. The highest BCUT2D eigenvalue weighted by Crippen LogP contribution is 2.27. The van der Waals surface area contributed by atoms with Crippen molar-refractivity contribution in [1.29, 1.82) is 0 Å². The maximum atomic E-state index is 13.4. The van der Waals surface area contributed by atoms with E-state index in [1.165, 1.54) is 18.3 Å². The molecule has 2 amide bonds. The first kappa shape index (κ1) is 20.5. The number of benzene rings is 1. The van der Waals surface area contributed by atoms with Gasteiger partial charge in [0.1, 0.15) is 5.82 Å². The van der Waals surface area contributed by atoms with E-state index in [4.69, 9.17) is 0 Å². The lowest BCUT2D eigenvalue weighted by molar-refractivity contribution is -0.137. The van der Waals surface area contributed by atoms with Crippen LogP contribution in [-0.4, -0.2) is 53.9 Å². The molecular formula is C23H27FN4O2. The smallest absolute Gasteiger partial charge is 0.253 e. The molecule has 1 aliphatic heterocycles. The van der Waals surface area contributed by atoms with Crippen LogP contribution >= 0.6 is 0 Å². The molecule has 1 aliphatic carbocycles. The summed E-state index contributed by atoms with van der Waals surface area (Å²) in [6.45, 7) is 3.21. The maximum Gasteiger partial charge on any atom is 0.253 e. The van der Waals surface area contributed by atoms with Crippen LogP contribution in [0, 0.1) is 11.7 Å². The lowest BCUT2D eigenvalue weighted by Gasteiger charge is -2.35. The quantitative estimate of drug-likeness (QED) is 0.813. The zero-order valence-electron chi connectivity index (χ0n) is 16.9. The van der Waals surface area contributed by atoms with Gasteiger partial charge in [-0.3, -0.25) is 14.6 Å². The number of hydrogen-bond acceptors (Lipinski definition) is 4. The van der Waals surface area contributed by atoms with Gasteiger partial charge in [0.15, 0.2) is 0 Å². The Hall–Kier alpha value is -2.80. The molecule has 4 rings (SSSR count). The molecule has 1 saturated carbocycles. The number of carbonyl (C=O) groups excluding carboxylic acids is 2. The summed E-state index contributed by atoms with van der Waals surface area (Å²) >= 11 is 0. The van der Waals surface area contributed by atoms with E-state index >= 15 is 0 Å². The minimum Gasteiger partial charge on any atom is -0.349 e. The van der Waals surface area contributed by atoms with E-state index in [1.807, 2.05) is 4.90 Å². The Balaban J connectivity index is 1.35. The van der Waals surface area contributed by atoms with Crippen molar-refractivity contribution in [3.63, 3.8) is 0 Å². The van der Waals surface area contributed by atoms with Crippen molar-refractivity contribution in [2.45, 2.75) is 31.7 Å². The van der Waals surface area contributed by atoms with E-state index in [1.54, 1.807) is 24.3 Å². The summed E-state index contributed by atoms with van der Waals surface area (Å²) in [6.07, 6.45) is 4.90. The second kappa shape index (κ2) is 9.34. The van der Waals surface area contributed by atoms with Crippen LogP contribution in [-0.2, 0) is 4.79 Å². The number of piperazine rings is 1. The van der Waals surface area contributed by atoms with E-state index < -0.39 is 0 Å². The Labute approximate surface area is 175 Å². The Bertz CT molecular complexity index is 896. The Morgan fingerprint density at radius 3 is 2.70 bits per heavy atom. The fraction of sp³-hybridized carbons (Fsp3) is 0.435. The van der Waals surface area contributed by atoms with Crippen molar-refractivity contribution >= 4 is 11.8 Å². The average molecular weight is 410 g/mol. The zero-order valence-corrected chi connectivity index (χ0v) is 16.9. The number of halogens is 1. The van der Waals surface area contributed by atoms with E-state index in [9.17, 15) is 14.0 Å². The van der Waals surface area contributed by atoms with Crippen molar-refractivity contribution < 1.29 is 14.0 Å². The summed E-state index contributed by atoms with van der Waals surface area (Å²) in [5.41, 5.74) is 1.75. The van der Waals surface area contributed by atoms with Gasteiger partial charge < -0.3 is 15.5 Å². The summed E-state index contributed by atoms with van der Waals surface area (Å²) in [4.78, 5) is 31.7. The van der Waals surface area contributed by atoms with E-state index in [0.717, 1.165) is 45.4 Å². The predicted molar refractivity (Wildman–Crippen MR) is 112 cm³/mol. The molecule has 2 heterocycles. The lowest BCUT2D eigenvalue weighted by atomic mass is 9.84. The van der Waals surface area contributed by atoms with Crippen molar-refractivity contribution in [2.24, 2.45) is 5.92 Å². The second-order valence-electron chi connectivity index (χ2n) is 8.05. The van der Waals surface area contributed by atoms with Crippen molar-refractivity contribution in [1.82, 2.24) is 20.5 Å². The molecule has 2 atom stereocenters. The first-order valence-corrected chi connectivity index (χ1v) is 10.6. The number of carbonyl (C=O) groups is 2. The number of pyridine rings is 1. The second-order valence-corrected chi connectivity index (χ2v) is 8.05. The monoisotopic (exact) mass is 410 g/mol. The Morgan fingerprint density at radius 1 is 1.13 bits per heavy atom. The van der Waals surface area contributed by atoms with Gasteiger partial charge in [-0.15, -0.1) is 0 Å². The van der Waals surface area contributed by atoms with E-state index in [0.29, 0.717) is 23.2 Å². The largest absolute Gasteiger partial charge is 0.349 e. The molecule has 6 nitrogen and oxygen atoms in total. The third-order valence-corrected chi connectivity index (χ3v) is 5.93. The van der Waals surface area contributed by atoms with Gasteiger partial charge >= 0.3 is 0 Å². The minimum absolute atomic E-state index is 0.00832. The fourth-order valence-electron chi connectivity index (χ4n) is 4.30. The molecule has 0 unspecified atom stereocenters. The van der Waals surface area contributed by atoms with Gasteiger partial charge in [-0.1, -0.05) is 18.6 Å². The molecule has 30 heavy (non-hydrogen) atoms. The summed E-state index contributed by atoms with van der Waals surface area (Å²) in [5, 5.41) is 6.34. The van der Waals surface area contributed by atoms with Gasteiger partial charge in [-0.2, -0.15) is 0 Å². The molecule has 7 heteroatoms. The number of nitrogens with zero attached hydrogens (tertiary/aromatic N) is 2. The van der Waals surface area contributed by atoms with Crippen molar-refractivity contribution in [2.75, 3.05) is 26.2 Å². The molecule has 0 spiro atoms. The maximum absolute atomic E-state index is 13.4. The molecule has 2 fully saturated rings. The van der Waals surface area contributed by atoms with Gasteiger partial charge in [0.2, 0.25) is 5.91 Å². The van der Waals surface area contributed by atoms with Crippen LogP contribution in [0.2, 0.25) is 0 Å². The van der Waals surface area contributed by atoms with Crippen LogP contribution in [0.3, 0.4) is 0 Å². The number of nitrogens with one attached hydrogen (secondary N) is 2. The predicted octanol–water partition coefficient (Wildman–Crippen LogP) is 2.61. The molecule has 2 aromatic rings. The van der Waals surface area contributed by atoms with Gasteiger partial charge in [-0.25, -0.2) is 4.39 Å². The topological polar surface area (TPSA) is 74.3 Å². The van der Waals surface area contributed by atoms with Gasteiger partial charge in [0.05, 0.1) is 11.3 Å². The van der Waals surface area contributed by atoms with Crippen LogP contribution in [0.4, 0.5) is 4.39 Å². The SMILES string of the molecule is O=C(N[C@@H]1CCC[C@@H](C(=O)N2CCNCC2)C1)c1ccc(-c2cccc(F)c2)nc1. The molecule has 1 saturated heterocycles. The Morgan fingerprint density at radius 2 is 1.97 bits per heavy atom. The minimum atomic E-state index is -0.321. The number of amides is 2. The summed E-state index contributed by atoms with van der Waals surface area (Å²) in [6, 6.07) is 9.63. The Kier molecular flexibility index (Phi) is 6.38. The zero-order chi connectivity index (χ0) is 20.9. The van der Waals surface area contributed by atoms with Crippen LogP contribution in [0.5, 0.6) is 0 Å². The van der Waals surface area contributed by atoms with E-state index in [2.05, 4.69) is 15.6 Å². The molecule has 2 N–H and O–H groups in total. The normalized spacial score (nSPS) is 21.8. The molecule has 0 radical (unpaired) electrons. The third kappa shape index (κ3) is 4.84. The molecule has 158 valence electrons. The highest BCUT2D eigenvalue weighted by molar-refractivity contribution is 5.94. The molecule has 2 aliphatic rings. The van der Waals surface area contributed by atoms with Crippen molar-refractivity contribution in [3.8, 4) is 11.3 Å². The first-order valence-electron chi connectivity index (χ1n) is 10.6. The molecular weight excluding hydrogens is 383 g/mol. The highest BCUT2D eigenvalue weighted by Gasteiger charge is 2.31. The van der Waals surface area contributed by atoms with Gasteiger partial charge in [0, 0.05) is 49.9 Å².